The molecule has 0 aromatic heterocycles. The van der Waals surface area contributed by atoms with Crippen LogP contribution in [0.15, 0.2) is 36.4 Å². The Kier molecular flexibility index (Phi) is 3.96. The van der Waals surface area contributed by atoms with E-state index in [-0.39, 0.29) is 12.0 Å². The van der Waals surface area contributed by atoms with E-state index in [1.54, 1.807) is 0 Å². The predicted octanol–water partition coefficient (Wildman–Crippen LogP) is 3.86. The van der Waals surface area contributed by atoms with Gasteiger partial charge in [-0.25, -0.2) is 8.78 Å². The van der Waals surface area contributed by atoms with Crippen molar-refractivity contribution in [2.75, 3.05) is 0 Å². The van der Waals surface area contributed by atoms with Crippen LogP contribution in [0.25, 0.3) is 0 Å². The third-order valence-corrected chi connectivity index (χ3v) is 3.36. The smallest absolute Gasteiger partial charge is 0.162 e. The van der Waals surface area contributed by atoms with Crippen LogP contribution in [0.3, 0.4) is 0 Å². The second kappa shape index (κ2) is 5.49. The van der Waals surface area contributed by atoms with Crippen molar-refractivity contribution in [2.24, 2.45) is 0 Å². The number of hydrogen-bond donors (Lipinski definition) is 1. The molecule has 1 N–H and O–H groups in total. The number of aliphatic hydroxyl groups excluding tert-OH is 1. The summed E-state index contributed by atoms with van der Waals surface area (Å²) in [6.45, 7) is 3.94. The minimum absolute atomic E-state index is 0.0616. The Labute approximate surface area is 111 Å². The maximum atomic E-state index is 13.5. The highest BCUT2D eigenvalue weighted by atomic mass is 19.2. The van der Waals surface area contributed by atoms with Crippen molar-refractivity contribution in [1.82, 2.24) is 0 Å². The SMILES string of the molecule is Cc1ccc(C(O)Cc2cccc(F)c2F)cc1C. The van der Waals surface area contributed by atoms with Gasteiger partial charge in [-0.2, -0.15) is 0 Å². The lowest BCUT2D eigenvalue weighted by molar-refractivity contribution is 0.176. The van der Waals surface area contributed by atoms with Crippen molar-refractivity contribution in [2.45, 2.75) is 26.4 Å². The second-order valence-electron chi connectivity index (χ2n) is 4.78. The zero-order chi connectivity index (χ0) is 14.0. The van der Waals surface area contributed by atoms with Gasteiger partial charge in [0, 0.05) is 6.42 Å². The van der Waals surface area contributed by atoms with Crippen LogP contribution in [0.1, 0.15) is 28.4 Å². The standard InChI is InChI=1S/C16H16F2O/c1-10-6-7-12(8-11(10)2)15(19)9-13-4-3-5-14(17)16(13)18/h3-8,15,19H,9H2,1-2H3. The Hall–Kier alpha value is -1.74. The molecule has 100 valence electrons. The summed E-state index contributed by atoms with van der Waals surface area (Å²) in [6, 6.07) is 9.60. The highest BCUT2D eigenvalue weighted by Gasteiger charge is 2.14. The van der Waals surface area contributed by atoms with E-state index in [0.717, 1.165) is 17.2 Å². The lowest BCUT2D eigenvalue weighted by atomic mass is 9.98. The number of hydrogen-bond acceptors (Lipinski definition) is 1. The lowest BCUT2D eigenvalue weighted by Crippen LogP contribution is -2.05. The molecule has 1 atom stereocenters. The van der Waals surface area contributed by atoms with E-state index in [0.29, 0.717) is 5.56 Å². The van der Waals surface area contributed by atoms with Crippen LogP contribution in [0.2, 0.25) is 0 Å². The molecule has 0 aliphatic carbocycles. The average molecular weight is 262 g/mol. The monoisotopic (exact) mass is 262 g/mol. The van der Waals surface area contributed by atoms with Crippen molar-refractivity contribution in [3.8, 4) is 0 Å². The van der Waals surface area contributed by atoms with Gasteiger partial charge in [0.05, 0.1) is 6.10 Å². The normalized spacial score (nSPS) is 12.5. The molecule has 19 heavy (non-hydrogen) atoms. The van der Waals surface area contributed by atoms with Crippen LogP contribution < -0.4 is 0 Å². The predicted molar refractivity (Wildman–Crippen MR) is 70.9 cm³/mol. The zero-order valence-electron chi connectivity index (χ0n) is 11.0. The first-order valence-electron chi connectivity index (χ1n) is 6.17. The van der Waals surface area contributed by atoms with Gasteiger partial charge in [0.25, 0.3) is 0 Å². The third kappa shape index (κ3) is 2.99. The quantitative estimate of drug-likeness (QED) is 0.890. The first-order chi connectivity index (χ1) is 8.99. The summed E-state index contributed by atoms with van der Waals surface area (Å²) < 4.78 is 26.6. The Morgan fingerprint density at radius 2 is 1.79 bits per heavy atom. The molecule has 0 amide bonds. The maximum Gasteiger partial charge on any atom is 0.162 e. The Balaban J connectivity index is 2.23. The zero-order valence-corrected chi connectivity index (χ0v) is 11.0. The number of rotatable bonds is 3. The van der Waals surface area contributed by atoms with E-state index in [1.165, 1.54) is 12.1 Å². The summed E-state index contributed by atoms with van der Waals surface area (Å²) in [5.74, 6) is -1.77. The molecular formula is C16H16F2O. The molecule has 2 rings (SSSR count). The summed E-state index contributed by atoms with van der Waals surface area (Å²) in [5, 5.41) is 10.1. The van der Waals surface area contributed by atoms with E-state index in [4.69, 9.17) is 0 Å². The minimum atomic E-state index is -0.884. The van der Waals surface area contributed by atoms with Gasteiger partial charge in [0.2, 0.25) is 0 Å². The van der Waals surface area contributed by atoms with E-state index >= 15 is 0 Å². The van der Waals surface area contributed by atoms with Crippen molar-refractivity contribution in [1.29, 1.82) is 0 Å². The Morgan fingerprint density at radius 1 is 1.05 bits per heavy atom. The fourth-order valence-corrected chi connectivity index (χ4v) is 2.00. The van der Waals surface area contributed by atoms with Crippen molar-refractivity contribution in [3.05, 3.63) is 70.3 Å². The summed E-state index contributed by atoms with van der Waals surface area (Å²) in [7, 11) is 0. The van der Waals surface area contributed by atoms with Crippen LogP contribution in [0.4, 0.5) is 8.78 Å². The van der Waals surface area contributed by atoms with E-state index < -0.39 is 17.7 Å². The molecular weight excluding hydrogens is 246 g/mol. The molecule has 0 saturated carbocycles. The van der Waals surface area contributed by atoms with Crippen molar-refractivity contribution >= 4 is 0 Å². The molecule has 0 aliphatic heterocycles. The fraction of sp³-hybridized carbons (Fsp3) is 0.250. The van der Waals surface area contributed by atoms with Gasteiger partial charge in [0.1, 0.15) is 0 Å². The van der Waals surface area contributed by atoms with Crippen LogP contribution in [-0.4, -0.2) is 5.11 Å². The molecule has 0 radical (unpaired) electrons. The number of aryl methyl sites for hydroxylation is 2. The molecule has 2 aromatic carbocycles. The van der Waals surface area contributed by atoms with Gasteiger partial charge in [0.15, 0.2) is 11.6 Å². The second-order valence-corrected chi connectivity index (χ2v) is 4.78. The van der Waals surface area contributed by atoms with Gasteiger partial charge in [-0.15, -0.1) is 0 Å². The fourth-order valence-electron chi connectivity index (χ4n) is 2.00. The average Bonchev–Trinajstić information content (AvgIpc) is 2.38. The number of aliphatic hydroxyl groups is 1. The van der Waals surface area contributed by atoms with E-state index in [1.807, 2.05) is 32.0 Å². The lowest BCUT2D eigenvalue weighted by Gasteiger charge is -2.13. The van der Waals surface area contributed by atoms with Crippen LogP contribution >= 0.6 is 0 Å². The number of benzene rings is 2. The third-order valence-electron chi connectivity index (χ3n) is 3.36. The van der Waals surface area contributed by atoms with Gasteiger partial charge in [-0.3, -0.25) is 0 Å². The van der Waals surface area contributed by atoms with Gasteiger partial charge >= 0.3 is 0 Å². The van der Waals surface area contributed by atoms with Gasteiger partial charge < -0.3 is 5.11 Å². The molecule has 3 heteroatoms. The topological polar surface area (TPSA) is 20.2 Å². The van der Waals surface area contributed by atoms with Gasteiger partial charge in [-0.1, -0.05) is 30.3 Å². The summed E-state index contributed by atoms with van der Waals surface area (Å²) >= 11 is 0. The molecule has 1 unspecified atom stereocenters. The van der Waals surface area contributed by atoms with E-state index in [2.05, 4.69) is 0 Å². The summed E-state index contributed by atoms with van der Waals surface area (Å²) in [6.07, 6.45) is -0.776. The van der Waals surface area contributed by atoms with E-state index in [9.17, 15) is 13.9 Å². The first kappa shape index (κ1) is 13.7. The molecule has 2 aromatic rings. The first-order valence-corrected chi connectivity index (χ1v) is 6.17. The van der Waals surface area contributed by atoms with Crippen molar-refractivity contribution < 1.29 is 13.9 Å². The molecule has 0 fully saturated rings. The molecule has 0 spiro atoms. The highest BCUT2D eigenvalue weighted by Crippen LogP contribution is 2.23. The Morgan fingerprint density at radius 3 is 2.47 bits per heavy atom. The number of halogens is 2. The molecule has 0 aliphatic rings. The summed E-state index contributed by atoms with van der Waals surface area (Å²) in [4.78, 5) is 0. The van der Waals surface area contributed by atoms with Crippen LogP contribution in [0, 0.1) is 25.5 Å². The van der Waals surface area contributed by atoms with Crippen LogP contribution in [-0.2, 0) is 6.42 Å². The van der Waals surface area contributed by atoms with Gasteiger partial charge in [-0.05, 0) is 42.2 Å². The molecule has 0 bridgehead atoms. The molecule has 0 saturated heterocycles. The molecule has 1 nitrogen and oxygen atoms in total. The van der Waals surface area contributed by atoms with Crippen molar-refractivity contribution in [3.63, 3.8) is 0 Å². The highest BCUT2D eigenvalue weighted by molar-refractivity contribution is 5.32. The largest absolute Gasteiger partial charge is 0.388 e. The minimum Gasteiger partial charge on any atom is -0.388 e. The summed E-state index contributed by atoms with van der Waals surface area (Å²) in [5.41, 5.74) is 3.10. The van der Waals surface area contributed by atoms with Crippen LogP contribution in [0.5, 0.6) is 0 Å². The molecule has 0 heterocycles. The maximum absolute atomic E-state index is 13.5. The Bertz CT molecular complexity index is 593.